The standard InChI is InChI=1S/C18H21N5O2/c19-17(24)15-9-5-10-22(12-15)18(25)16-13-23(21-20-16)11-4-8-14-6-2-1-3-7-14/h1-4,6-8,13,15H,5,9-12H2,(H2,19,24)/b8-4+. The average Bonchev–Trinajstić information content (AvgIpc) is 3.11. The van der Waals surface area contributed by atoms with E-state index in [1.807, 2.05) is 42.5 Å². The van der Waals surface area contributed by atoms with Gasteiger partial charge in [-0.25, -0.2) is 4.68 Å². The van der Waals surface area contributed by atoms with Crippen LogP contribution in [0.5, 0.6) is 0 Å². The number of rotatable bonds is 5. The van der Waals surface area contributed by atoms with Crippen LogP contribution in [-0.4, -0.2) is 44.8 Å². The Hall–Kier alpha value is -2.96. The number of aromatic nitrogens is 3. The molecule has 2 heterocycles. The van der Waals surface area contributed by atoms with Crippen LogP contribution in [0.2, 0.25) is 0 Å². The number of carbonyl (C=O) groups excluding carboxylic acids is 2. The van der Waals surface area contributed by atoms with Gasteiger partial charge < -0.3 is 10.6 Å². The van der Waals surface area contributed by atoms with Crippen LogP contribution in [0.1, 0.15) is 28.9 Å². The molecule has 0 radical (unpaired) electrons. The lowest BCUT2D eigenvalue weighted by Gasteiger charge is -2.30. The van der Waals surface area contributed by atoms with Crippen molar-refractivity contribution in [3.63, 3.8) is 0 Å². The molecule has 0 spiro atoms. The van der Waals surface area contributed by atoms with E-state index in [1.54, 1.807) is 15.8 Å². The molecule has 130 valence electrons. The number of hydrogen-bond donors (Lipinski definition) is 1. The van der Waals surface area contributed by atoms with Gasteiger partial charge in [-0.3, -0.25) is 9.59 Å². The summed E-state index contributed by atoms with van der Waals surface area (Å²) >= 11 is 0. The average molecular weight is 339 g/mol. The molecule has 1 fully saturated rings. The van der Waals surface area contributed by atoms with Gasteiger partial charge in [-0.1, -0.05) is 47.7 Å². The monoisotopic (exact) mass is 339 g/mol. The molecule has 2 aromatic rings. The number of allylic oxidation sites excluding steroid dienone is 1. The van der Waals surface area contributed by atoms with Crippen molar-refractivity contribution >= 4 is 17.9 Å². The molecule has 1 aromatic heterocycles. The van der Waals surface area contributed by atoms with E-state index in [-0.39, 0.29) is 17.7 Å². The van der Waals surface area contributed by atoms with Crippen LogP contribution in [0.15, 0.2) is 42.6 Å². The fourth-order valence-electron chi connectivity index (χ4n) is 2.90. The summed E-state index contributed by atoms with van der Waals surface area (Å²) in [6.07, 6.45) is 7.09. The zero-order valence-electron chi connectivity index (χ0n) is 13.9. The van der Waals surface area contributed by atoms with Crippen LogP contribution in [0.3, 0.4) is 0 Å². The van der Waals surface area contributed by atoms with E-state index in [9.17, 15) is 9.59 Å². The number of likely N-dealkylation sites (tertiary alicyclic amines) is 1. The summed E-state index contributed by atoms with van der Waals surface area (Å²) < 4.78 is 1.61. The molecular formula is C18H21N5O2. The minimum Gasteiger partial charge on any atom is -0.369 e. The van der Waals surface area contributed by atoms with Gasteiger partial charge in [0.05, 0.1) is 18.7 Å². The zero-order valence-corrected chi connectivity index (χ0v) is 13.9. The van der Waals surface area contributed by atoms with Crippen LogP contribution in [0.25, 0.3) is 6.08 Å². The number of piperidine rings is 1. The van der Waals surface area contributed by atoms with Gasteiger partial charge in [-0.2, -0.15) is 0 Å². The highest BCUT2D eigenvalue weighted by Gasteiger charge is 2.28. The van der Waals surface area contributed by atoms with E-state index >= 15 is 0 Å². The summed E-state index contributed by atoms with van der Waals surface area (Å²) in [7, 11) is 0. The molecule has 7 heteroatoms. The lowest BCUT2D eigenvalue weighted by atomic mass is 9.97. The number of primary amides is 1. The van der Waals surface area contributed by atoms with Crippen molar-refractivity contribution < 1.29 is 9.59 Å². The van der Waals surface area contributed by atoms with E-state index in [0.717, 1.165) is 18.4 Å². The molecule has 0 aliphatic carbocycles. The first kappa shape index (κ1) is 16.9. The minimum atomic E-state index is -0.354. The van der Waals surface area contributed by atoms with E-state index in [1.165, 1.54) is 0 Å². The van der Waals surface area contributed by atoms with Crippen molar-refractivity contribution in [3.8, 4) is 0 Å². The summed E-state index contributed by atoms with van der Waals surface area (Å²) in [5.74, 6) is -0.835. The van der Waals surface area contributed by atoms with E-state index in [4.69, 9.17) is 5.73 Å². The zero-order chi connectivity index (χ0) is 17.6. The second-order valence-electron chi connectivity index (χ2n) is 6.13. The van der Waals surface area contributed by atoms with Gasteiger partial charge in [0, 0.05) is 13.1 Å². The van der Waals surface area contributed by atoms with Crippen molar-refractivity contribution in [2.24, 2.45) is 11.7 Å². The molecule has 1 atom stereocenters. The van der Waals surface area contributed by atoms with Crippen LogP contribution >= 0.6 is 0 Å². The van der Waals surface area contributed by atoms with E-state index in [0.29, 0.717) is 25.3 Å². The van der Waals surface area contributed by atoms with Crippen molar-refractivity contribution in [1.82, 2.24) is 19.9 Å². The first-order chi connectivity index (χ1) is 12.1. The quantitative estimate of drug-likeness (QED) is 0.889. The molecule has 1 aliphatic rings. The van der Waals surface area contributed by atoms with Gasteiger partial charge in [-0.15, -0.1) is 5.10 Å². The molecule has 1 unspecified atom stereocenters. The highest BCUT2D eigenvalue weighted by molar-refractivity contribution is 5.92. The Balaban J connectivity index is 1.60. The molecule has 1 aromatic carbocycles. The van der Waals surface area contributed by atoms with Gasteiger partial charge in [0.2, 0.25) is 5.91 Å². The predicted octanol–water partition coefficient (Wildman–Crippen LogP) is 1.33. The lowest BCUT2D eigenvalue weighted by Crippen LogP contribution is -2.44. The van der Waals surface area contributed by atoms with Gasteiger partial charge in [0.25, 0.3) is 5.91 Å². The molecule has 1 saturated heterocycles. The van der Waals surface area contributed by atoms with E-state index < -0.39 is 0 Å². The molecule has 25 heavy (non-hydrogen) atoms. The number of nitrogens with zero attached hydrogens (tertiary/aromatic N) is 4. The fraction of sp³-hybridized carbons (Fsp3) is 0.333. The number of amides is 2. The maximum absolute atomic E-state index is 12.5. The molecule has 2 N–H and O–H groups in total. The first-order valence-electron chi connectivity index (χ1n) is 8.34. The smallest absolute Gasteiger partial charge is 0.276 e. The number of carbonyl (C=O) groups is 2. The summed E-state index contributed by atoms with van der Waals surface area (Å²) in [6.45, 7) is 1.50. The van der Waals surface area contributed by atoms with Crippen LogP contribution in [0.4, 0.5) is 0 Å². The maximum Gasteiger partial charge on any atom is 0.276 e. The summed E-state index contributed by atoms with van der Waals surface area (Å²) in [5.41, 5.74) is 6.75. The van der Waals surface area contributed by atoms with Crippen molar-refractivity contribution in [1.29, 1.82) is 0 Å². The molecule has 0 saturated carbocycles. The highest BCUT2D eigenvalue weighted by Crippen LogP contribution is 2.17. The second-order valence-corrected chi connectivity index (χ2v) is 6.13. The van der Waals surface area contributed by atoms with Crippen molar-refractivity contribution in [3.05, 3.63) is 53.9 Å². The van der Waals surface area contributed by atoms with Crippen LogP contribution in [-0.2, 0) is 11.3 Å². The third kappa shape index (κ3) is 4.32. The maximum atomic E-state index is 12.5. The summed E-state index contributed by atoms with van der Waals surface area (Å²) in [6, 6.07) is 9.94. The Bertz CT molecular complexity index is 769. The fourth-order valence-corrected chi connectivity index (χ4v) is 2.90. The summed E-state index contributed by atoms with van der Waals surface area (Å²) in [4.78, 5) is 25.5. The Kier molecular flexibility index (Phi) is 5.23. The SMILES string of the molecule is NC(=O)C1CCCN(C(=O)c2cn(C/C=C/c3ccccc3)nn2)C1. The molecule has 3 rings (SSSR count). The second kappa shape index (κ2) is 7.74. The Labute approximate surface area is 146 Å². The topological polar surface area (TPSA) is 94.1 Å². The number of nitrogens with two attached hydrogens (primary N) is 1. The van der Waals surface area contributed by atoms with Crippen LogP contribution < -0.4 is 5.73 Å². The molecule has 0 bridgehead atoms. The lowest BCUT2D eigenvalue weighted by molar-refractivity contribution is -0.123. The molecule has 2 amide bonds. The van der Waals surface area contributed by atoms with Gasteiger partial charge >= 0.3 is 0 Å². The third-order valence-electron chi connectivity index (χ3n) is 4.27. The minimum absolute atomic E-state index is 0.204. The number of benzene rings is 1. The van der Waals surface area contributed by atoms with Gasteiger partial charge in [-0.05, 0) is 18.4 Å². The Morgan fingerprint density at radius 1 is 1.28 bits per heavy atom. The Morgan fingerprint density at radius 2 is 2.08 bits per heavy atom. The largest absolute Gasteiger partial charge is 0.369 e. The summed E-state index contributed by atoms with van der Waals surface area (Å²) in [5, 5.41) is 7.95. The first-order valence-corrected chi connectivity index (χ1v) is 8.34. The van der Waals surface area contributed by atoms with Crippen molar-refractivity contribution in [2.45, 2.75) is 19.4 Å². The van der Waals surface area contributed by atoms with Crippen LogP contribution in [0, 0.1) is 5.92 Å². The normalized spacial score (nSPS) is 17.8. The van der Waals surface area contributed by atoms with Gasteiger partial charge in [0.15, 0.2) is 5.69 Å². The van der Waals surface area contributed by atoms with Gasteiger partial charge in [0.1, 0.15) is 0 Å². The number of hydrogen-bond acceptors (Lipinski definition) is 4. The van der Waals surface area contributed by atoms with E-state index in [2.05, 4.69) is 10.3 Å². The Morgan fingerprint density at radius 3 is 2.84 bits per heavy atom. The highest BCUT2D eigenvalue weighted by atomic mass is 16.2. The molecule has 1 aliphatic heterocycles. The predicted molar refractivity (Wildman–Crippen MR) is 93.3 cm³/mol. The van der Waals surface area contributed by atoms with Crippen molar-refractivity contribution in [2.75, 3.05) is 13.1 Å². The third-order valence-corrected chi connectivity index (χ3v) is 4.27. The molecule has 7 nitrogen and oxygen atoms in total. The molecular weight excluding hydrogens is 318 g/mol.